The lowest BCUT2D eigenvalue weighted by atomic mass is 10.1. The summed E-state index contributed by atoms with van der Waals surface area (Å²) in [7, 11) is 0. The molecule has 1 aliphatic heterocycles. The number of nitro benzene ring substituents is 2. The van der Waals surface area contributed by atoms with E-state index in [0.717, 1.165) is 61.1 Å². The van der Waals surface area contributed by atoms with Crippen molar-refractivity contribution in [1.82, 2.24) is 4.98 Å². The lowest BCUT2D eigenvalue weighted by Crippen LogP contribution is -2.46. The van der Waals surface area contributed by atoms with Crippen molar-refractivity contribution in [3.63, 3.8) is 0 Å². The first kappa shape index (κ1) is 21.1. The molecule has 0 spiro atoms. The second-order valence-corrected chi connectivity index (χ2v) is 9.01. The number of aromatic nitrogens is 1. The molecule has 2 fully saturated rings. The van der Waals surface area contributed by atoms with Gasteiger partial charge in [-0.15, -0.1) is 11.3 Å². The minimum atomic E-state index is -0.403. The van der Waals surface area contributed by atoms with Crippen LogP contribution in [0.25, 0.3) is 11.3 Å². The lowest BCUT2D eigenvalue weighted by Gasteiger charge is -2.36. The number of rotatable bonds is 7. The number of hydrogen-bond acceptors (Lipinski definition) is 9. The van der Waals surface area contributed by atoms with E-state index in [4.69, 9.17) is 4.98 Å². The highest BCUT2D eigenvalue weighted by molar-refractivity contribution is 7.14. The van der Waals surface area contributed by atoms with E-state index in [0.29, 0.717) is 11.7 Å². The maximum Gasteiger partial charge on any atom is 0.292 e. The summed E-state index contributed by atoms with van der Waals surface area (Å²) in [5.41, 5.74) is 3.18. The van der Waals surface area contributed by atoms with Crippen LogP contribution < -0.4 is 15.1 Å². The minimum absolute atomic E-state index is 0.0503. The molecule has 0 atom stereocenters. The van der Waals surface area contributed by atoms with Gasteiger partial charge in [0.2, 0.25) is 0 Å². The van der Waals surface area contributed by atoms with Crippen LogP contribution >= 0.6 is 11.3 Å². The SMILES string of the molecule is O=[N+]([O-])c1cccc(-c2csc(N3CCN(c4ccc([N+](=O)[O-])c(NC5CC5)c4)CC3)n2)c1. The Morgan fingerprint density at radius 3 is 2.42 bits per heavy atom. The fourth-order valence-electron chi connectivity index (χ4n) is 3.92. The van der Waals surface area contributed by atoms with Gasteiger partial charge in [0.15, 0.2) is 5.13 Å². The fourth-order valence-corrected chi connectivity index (χ4v) is 4.81. The molecule has 5 rings (SSSR count). The molecule has 0 amide bonds. The molecular weight excluding hydrogens is 444 g/mol. The minimum Gasteiger partial charge on any atom is -0.377 e. The molecule has 1 saturated carbocycles. The van der Waals surface area contributed by atoms with Gasteiger partial charge < -0.3 is 15.1 Å². The zero-order valence-electron chi connectivity index (χ0n) is 17.7. The average molecular weight is 467 g/mol. The number of benzene rings is 2. The van der Waals surface area contributed by atoms with Gasteiger partial charge in [0.1, 0.15) is 5.69 Å². The van der Waals surface area contributed by atoms with Crippen LogP contribution in [0.15, 0.2) is 47.8 Å². The van der Waals surface area contributed by atoms with Gasteiger partial charge in [-0.2, -0.15) is 0 Å². The van der Waals surface area contributed by atoms with Crippen LogP contribution in [0.1, 0.15) is 12.8 Å². The Hall–Kier alpha value is -3.73. The zero-order valence-corrected chi connectivity index (χ0v) is 18.5. The normalized spacial score (nSPS) is 16.0. The predicted octanol–water partition coefficient (Wildman–Crippen LogP) is 4.53. The summed E-state index contributed by atoms with van der Waals surface area (Å²) in [6.45, 7) is 3.08. The Morgan fingerprint density at radius 2 is 1.73 bits per heavy atom. The zero-order chi connectivity index (χ0) is 22.9. The topological polar surface area (TPSA) is 118 Å². The van der Waals surface area contributed by atoms with Crippen molar-refractivity contribution in [2.24, 2.45) is 0 Å². The van der Waals surface area contributed by atoms with E-state index < -0.39 is 4.92 Å². The van der Waals surface area contributed by atoms with E-state index >= 15 is 0 Å². The molecule has 1 aromatic heterocycles. The van der Waals surface area contributed by atoms with Gasteiger partial charge in [-0.3, -0.25) is 20.2 Å². The number of hydrogen-bond donors (Lipinski definition) is 1. The van der Waals surface area contributed by atoms with Crippen LogP contribution in [-0.4, -0.2) is 47.1 Å². The highest BCUT2D eigenvalue weighted by Crippen LogP contribution is 2.35. The standard InChI is InChI=1S/C22H22N6O4S/c29-27(30)18-3-1-2-15(12-18)20-14-33-22(24-20)26-10-8-25(9-11-26)17-6-7-21(28(31)32)19(13-17)23-16-4-5-16/h1-3,6-7,12-14,16,23H,4-5,8-11H2. The molecule has 0 radical (unpaired) electrons. The van der Waals surface area contributed by atoms with Gasteiger partial charge in [0, 0.05) is 67.1 Å². The van der Waals surface area contributed by atoms with E-state index in [2.05, 4.69) is 15.1 Å². The van der Waals surface area contributed by atoms with Crippen LogP contribution in [-0.2, 0) is 0 Å². The van der Waals surface area contributed by atoms with Crippen LogP contribution in [0, 0.1) is 20.2 Å². The number of anilines is 3. The third-order valence-corrected chi connectivity index (χ3v) is 6.78. The van der Waals surface area contributed by atoms with E-state index in [1.807, 2.05) is 23.6 Å². The summed E-state index contributed by atoms with van der Waals surface area (Å²) in [6.07, 6.45) is 2.10. The van der Waals surface area contributed by atoms with Crippen molar-refractivity contribution in [3.8, 4) is 11.3 Å². The highest BCUT2D eigenvalue weighted by atomic mass is 32.1. The Bertz CT molecular complexity index is 1200. The Kier molecular flexibility index (Phi) is 5.55. The van der Waals surface area contributed by atoms with Crippen LogP contribution in [0.4, 0.5) is 27.9 Å². The van der Waals surface area contributed by atoms with Crippen LogP contribution in [0.3, 0.4) is 0 Å². The molecule has 2 heterocycles. The number of non-ortho nitro benzene ring substituents is 1. The van der Waals surface area contributed by atoms with Crippen molar-refractivity contribution in [2.45, 2.75) is 18.9 Å². The number of thiazole rings is 1. The van der Waals surface area contributed by atoms with Gasteiger partial charge >= 0.3 is 0 Å². The molecule has 3 aromatic rings. The average Bonchev–Trinajstić information content (AvgIpc) is 3.50. The molecular formula is C22H22N6O4S. The summed E-state index contributed by atoms with van der Waals surface area (Å²) in [4.78, 5) is 30.8. The summed E-state index contributed by atoms with van der Waals surface area (Å²) in [6, 6.07) is 12.1. The second-order valence-electron chi connectivity index (χ2n) is 8.17. The molecule has 1 N–H and O–H groups in total. The molecule has 33 heavy (non-hydrogen) atoms. The van der Waals surface area contributed by atoms with Crippen molar-refractivity contribution in [1.29, 1.82) is 0 Å². The molecule has 2 aliphatic rings. The van der Waals surface area contributed by atoms with Crippen LogP contribution in [0.2, 0.25) is 0 Å². The quantitative estimate of drug-likeness (QED) is 0.399. The van der Waals surface area contributed by atoms with Gasteiger partial charge in [0.25, 0.3) is 11.4 Å². The van der Waals surface area contributed by atoms with E-state index in [1.165, 1.54) is 17.4 Å². The smallest absolute Gasteiger partial charge is 0.292 e. The van der Waals surface area contributed by atoms with Gasteiger partial charge in [-0.25, -0.2) is 4.98 Å². The van der Waals surface area contributed by atoms with E-state index in [-0.39, 0.29) is 16.3 Å². The molecule has 11 heteroatoms. The molecule has 1 aliphatic carbocycles. The first-order valence-electron chi connectivity index (χ1n) is 10.7. The Labute approximate surface area is 193 Å². The largest absolute Gasteiger partial charge is 0.377 e. The lowest BCUT2D eigenvalue weighted by molar-refractivity contribution is -0.384. The second kappa shape index (κ2) is 8.66. The summed E-state index contributed by atoms with van der Waals surface area (Å²) in [5.74, 6) is 0. The number of nitro groups is 2. The number of nitrogens with zero attached hydrogens (tertiary/aromatic N) is 5. The molecule has 10 nitrogen and oxygen atoms in total. The van der Waals surface area contributed by atoms with Crippen LogP contribution in [0.5, 0.6) is 0 Å². The number of piperazine rings is 1. The molecule has 170 valence electrons. The Balaban J connectivity index is 1.27. The van der Waals surface area contributed by atoms with Crippen molar-refractivity contribution in [3.05, 3.63) is 68.1 Å². The molecule has 0 bridgehead atoms. The van der Waals surface area contributed by atoms with E-state index in [9.17, 15) is 20.2 Å². The highest BCUT2D eigenvalue weighted by Gasteiger charge is 2.26. The van der Waals surface area contributed by atoms with Crippen molar-refractivity contribution < 1.29 is 9.85 Å². The number of nitrogens with one attached hydrogen (secondary N) is 1. The molecule has 0 unspecified atom stereocenters. The van der Waals surface area contributed by atoms with Gasteiger partial charge in [-0.05, 0) is 25.0 Å². The first-order chi connectivity index (χ1) is 16.0. The maximum absolute atomic E-state index is 11.4. The summed E-state index contributed by atoms with van der Waals surface area (Å²) >= 11 is 1.53. The third-order valence-electron chi connectivity index (χ3n) is 5.87. The van der Waals surface area contributed by atoms with Crippen molar-refractivity contribution >= 4 is 39.2 Å². The summed E-state index contributed by atoms with van der Waals surface area (Å²) in [5, 5.41) is 28.5. The predicted molar refractivity (Wildman–Crippen MR) is 128 cm³/mol. The van der Waals surface area contributed by atoms with E-state index in [1.54, 1.807) is 18.2 Å². The third kappa shape index (κ3) is 4.58. The Morgan fingerprint density at radius 1 is 0.970 bits per heavy atom. The van der Waals surface area contributed by atoms with Crippen molar-refractivity contribution in [2.75, 3.05) is 41.3 Å². The van der Waals surface area contributed by atoms with Gasteiger partial charge in [-0.1, -0.05) is 12.1 Å². The molecule has 2 aromatic carbocycles. The first-order valence-corrected chi connectivity index (χ1v) is 11.6. The monoisotopic (exact) mass is 466 g/mol. The fraction of sp³-hybridized carbons (Fsp3) is 0.318. The summed E-state index contributed by atoms with van der Waals surface area (Å²) < 4.78 is 0. The van der Waals surface area contributed by atoms with Gasteiger partial charge in [0.05, 0.1) is 15.5 Å². The maximum atomic E-state index is 11.4. The molecule has 1 saturated heterocycles.